The number of nitrogens with two attached hydrogens (primary N) is 1. The Kier molecular flexibility index (Phi) is 5.71. The molecule has 0 unspecified atom stereocenters. The van der Waals surface area contributed by atoms with Crippen LogP contribution in [0.5, 0.6) is 0 Å². The lowest BCUT2D eigenvalue weighted by atomic mass is 10.2. The van der Waals surface area contributed by atoms with Gasteiger partial charge in [-0.25, -0.2) is 0 Å². The van der Waals surface area contributed by atoms with Gasteiger partial charge in [0, 0.05) is 12.8 Å². The van der Waals surface area contributed by atoms with E-state index in [0.717, 1.165) is 0 Å². The molecule has 0 atom stereocenters. The molecule has 0 aromatic heterocycles. The molecule has 0 aliphatic carbocycles. The summed E-state index contributed by atoms with van der Waals surface area (Å²) in [5, 5.41) is 2.33. The molecule has 3 N–H and O–H groups in total. The largest absolute Gasteiger partial charge is 0.348 e. The lowest BCUT2D eigenvalue weighted by Gasteiger charge is -2.01. The molecule has 0 radical (unpaired) electrons. The number of ketones is 2. The zero-order valence-corrected chi connectivity index (χ0v) is 7.63. The van der Waals surface area contributed by atoms with Gasteiger partial charge in [0.25, 0.3) is 0 Å². The maximum absolute atomic E-state index is 11.0. The van der Waals surface area contributed by atoms with Crippen molar-refractivity contribution in [1.29, 1.82) is 0 Å². The molecule has 0 rings (SSSR count). The van der Waals surface area contributed by atoms with Crippen LogP contribution in [0, 0.1) is 0 Å². The topological polar surface area (TPSA) is 89.3 Å². The van der Waals surface area contributed by atoms with Crippen LogP contribution in [0.3, 0.4) is 0 Å². The number of carbonyl (C=O) groups excluding carboxylic acids is 3. The van der Waals surface area contributed by atoms with Crippen LogP contribution in [-0.2, 0) is 14.4 Å². The monoisotopic (exact) mass is 186 g/mol. The second kappa shape index (κ2) is 6.30. The first-order chi connectivity index (χ1) is 6.06. The number of hydrogen-bond donors (Lipinski definition) is 2. The first kappa shape index (κ1) is 11.8. The average Bonchev–Trinajstić information content (AvgIpc) is 2.10. The molecule has 0 fully saturated rings. The summed E-state index contributed by atoms with van der Waals surface area (Å²) < 4.78 is 0. The Morgan fingerprint density at radius 3 is 2.31 bits per heavy atom. The van der Waals surface area contributed by atoms with Crippen molar-refractivity contribution in [2.24, 2.45) is 5.73 Å². The third-order valence-corrected chi connectivity index (χ3v) is 1.42. The second-order valence-electron chi connectivity index (χ2n) is 2.72. The third kappa shape index (κ3) is 7.14. The normalized spacial score (nSPS) is 9.38. The van der Waals surface area contributed by atoms with E-state index in [0.29, 0.717) is 0 Å². The highest BCUT2D eigenvalue weighted by atomic mass is 16.2. The summed E-state index contributed by atoms with van der Waals surface area (Å²) in [6.45, 7) is 1.26. The van der Waals surface area contributed by atoms with E-state index in [9.17, 15) is 14.4 Å². The predicted octanol–water partition coefficient (Wildman–Crippen LogP) is -1.00. The summed E-state index contributed by atoms with van der Waals surface area (Å²) in [7, 11) is 0. The highest BCUT2D eigenvalue weighted by molar-refractivity contribution is 5.89. The van der Waals surface area contributed by atoms with Crippen LogP contribution in [0.1, 0.15) is 19.8 Å². The van der Waals surface area contributed by atoms with Crippen LogP contribution in [0.4, 0.5) is 0 Å². The van der Waals surface area contributed by atoms with Gasteiger partial charge < -0.3 is 15.8 Å². The van der Waals surface area contributed by atoms with Gasteiger partial charge in [0.15, 0.2) is 5.78 Å². The van der Waals surface area contributed by atoms with Crippen molar-refractivity contribution in [1.82, 2.24) is 5.32 Å². The Balaban J connectivity index is 3.52. The molecule has 74 valence electrons. The maximum Gasteiger partial charge on any atom is 0.234 e. The fraction of sp³-hybridized carbons (Fsp3) is 0.625. The lowest BCUT2D eigenvalue weighted by molar-refractivity contribution is -0.125. The van der Waals surface area contributed by atoms with E-state index in [-0.39, 0.29) is 43.4 Å². The van der Waals surface area contributed by atoms with E-state index in [1.165, 1.54) is 6.92 Å². The summed E-state index contributed by atoms with van der Waals surface area (Å²) in [6, 6.07) is 0. The Bertz CT molecular complexity index is 213. The second-order valence-corrected chi connectivity index (χ2v) is 2.72. The summed E-state index contributed by atoms with van der Waals surface area (Å²) >= 11 is 0. The van der Waals surface area contributed by atoms with Crippen LogP contribution in [0.25, 0.3) is 0 Å². The van der Waals surface area contributed by atoms with Gasteiger partial charge in [0.2, 0.25) is 5.91 Å². The number of carbonyl (C=O) groups is 3. The molecular weight excluding hydrogens is 172 g/mol. The van der Waals surface area contributed by atoms with Gasteiger partial charge in [0.1, 0.15) is 5.78 Å². The quantitative estimate of drug-likeness (QED) is 0.556. The molecule has 5 nitrogen and oxygen atoms in total. The van der Waals surface area contributed by atoms with Crippen LogP contribution < -0.4 is 11.1 Å². The van der Waals surface area contributed by atoms with Gasteiger partial charge in [-0.15, -0.1) is 0 Å². The molecule has 0 saturated heterocycles. The predicted molar refractivity (Wildman–Crippen MR) is 47.0 cm³/mol. The van der Waals surface area contributed by atoms with E-state index in [1.807, 2.05) is 0 Å². The highest BCUT2D eigenvalue weighted by Crippen LogP contribution is 1.90. The van der Waals surface area contributed by atoms with Crippen LogP contribution in [0.15, 0.2) is 0 Å². The van der Waals surface area contributed by atoms with Crippen molar-refractivity contribution in [2.45, 2.75) is 19.8 Å². The van der Waals surface area contributed by atoms with E-state index in [4.69, 9.17) is 5.73 Å². The summed E-state index contributed by atoms with van der Waals surface area (Å²) in [4.78, 5) is 32.0. The Morgan fingerprint density at radius 2 is 1.85 bits per heavy atom. The van der Waals surface area contributed by atoms with Gasteiger partial charge >= 0.3 is 0 Å². The van der Waals surface area contributed by atoms with Gasteiger partial charge in [-0.05, 0) is 6.92 Å². The van der Waals surface area contributed by atoms with Crippen molar-refractivity contribution < 1.29 is 14.4 Å². The van der Waals surface area contributed by atoms with Crippen LogP contribution in [0.2, 0.25) is 0 Å². The number of amides is 1. The molecule has 0 aliphatic rings. The van der Waals surface area contributed by atoms with Gasteiger partial charge in [-0.1, -0.05) is 0 Å². The van der Waals surface area contributed by atoms with Crippen molar-refractivity contribution in [3.63, 3.8) is 0 Å². The van der Waals surface area contributed by atoms with Gasteiger partial charge in [0.05, 0.1) is 13.1 Å². The Morgan fingerprint density at radius 1 is 1.23 bits per heavy atom. The van der Waals surface area contributed by atoms with Crippen LogP contribution >= 0.6 is 0 Å². The number of hydrogen-bond acceptors (Lipinski definition) is 4. The molecule has 0 aromatic rings. The molecule has 1 amide bonds. The number of nitrogens with one attached hydrogen (secondary N) is 1. The van der Waals surface area contributed by atoms with Crippen molar-refractivity contribution >= 4 is 17.5 Å². The third-order valence-electron chi connectivity index (χ3n) is 1.42. The molecule has 0 heterocycles. The minimum absolute atomic E-state index is 0.0292. The van der Waals surface area contributed by atoms with E-state index in [2.05, 4.69) is 5.32 Å². The maximum atomic E-state index is 11.0. The fourth-order valence-corrected chi connectivity index (χ4v) is 0.673. The van der Waals surface area contributed by atoms with E-state index >= 15 is 0 Å². The molecule has 0 aliphatic heterocycles. The minimum Gasteiger partial charge on any atom is -0.348 e. The highest BCUT2D eigenvalue weighted by Gasteiger charge is 2.05. The Labute approximate surface area is 76.7 Å². The zero-order chi connectivity index (χ0) is 10.3. The van der Waals surface area contributed by atoms with E-state index in [1.54, 1.807) is 0 Å². The first-order valence-electron chi connectivity index (χ1n) is 4.04. The first-order valence-corrected chi connectivity index (χ1v) is 4.04. The lowest BCUT2D eigenvalue weighted by Crippen LogP contribution is -2.34. The molecule has 0 saturated carbocycles. The molecule has 13 heavy (non-hydrogen) atoms. The summed E-state index contributed by atoms with van der Waals surface area (Å²) in [5.74, 6) is -0.549. The minimum atomic E-state index is -0.365. The van der Waals surface area contributed by atoms with Gasteiger partial charge in [-0.2, -0.15) is 0 Å². The SMILES string of the molecule is CC(=O)CCC(=O)CNC(=O)CN. The number of Topliss-reactive ketones (excluding diaryl/α,β-unsaturated/α-hetero) is 2. The van der Waals surface area contributed by atoms with Gasteiger partial charge in [-0.3, -0.25) is 9.59 Å². The smallest absolute Gasteiger partial charge is 0.234 e. The standard InChI is InChI=1S/C8H14N2O3/c1-6(11)2-3-7(12)5-10-8(13)4-9/h2-5,9H2,1H3,(H,10,13). The van der Waals surface area contributed by atoms with Crippen molar-refractivity contribution in [3.05, 3.63) is 0 Å². The zero-order valence-electron chi connectivity index (χ0n) is 7.63. The molecule has 0 bridgehead atoms. The number of rotatable bonds is 6. The van der Waals surface area contributed by atoms with E-state index < -0.39 is 0 Å². The fourth-order valence-electron chi connectivity index (χ4n) is 0.673. The summed E-state index contributed by atoms with van der Waals surface area (Å²) in [5.41, 5.74) is 5.00. The summed E-state index contributed by atoms with van der Waals surface area (Å²) in [6.07, 6.45) is 0.414. The Hall–Kier alpha value is -1.23. The average molecular weight is 186 g/mol. The molecule has 0 aromatic carbocycles. The van der Waals surface area contributed by atoms with Crippen molar-refractivity contribution in [3.8, 4) is 0 Å². The molecular formula is C8H14N2O3. The molecule has 5 heteroatoms. The van der Waals surface area contributed by atoms with Crippen molar-refractivity contribution in [2.75, 3.05) is 13.1 Å². The molecule has 0 spiro atoms. The van der Waals surface area contributed by atoms with Crippen LogP contribution in [-0.4, -0.2) is 30.6 Å².